The minimum absolute atomic E-state index is 0.103. The van der Waals surface area contributed by atoms with Crippen LogP contribution in [-0.2, 0) is 29.2 Å². The van der Waals surface area contributed by atoms with E-state index in [4.69, 9.17) is 10.1 Å². The number of aryl methyl sites for hydroxylation is 1. The third kappa shape index (κ3) is 3.24. The van der Waals surface area contributed by atoms with Gasteiger partial charge in [0.05, 0.1) is 17.9 Å². The van der Waals surface area contributed by atoms with Gasteiger partial charge in [0.1, 0.15) is 0 Å². The van der Waals surface area contributed by atoms with Gasteiger partial charge in [-0.25, -0.2) is 18.5 Å². The summed E-state index contributed by atoms with van der Waals surface area (Å²) in [5.74, 6) is -0.469. The van der Waals surface area contributed by atoms with Gasteiger partial charge in [-0.15, -0.1) is 4.36 Å². The first-order chi connectivity index (χ1) is 13.8. The lowest BCUT2D eigenvalue weighted by Crippen LogP contribution is -2.20. The molecule has 0 bridgehead atoms. The summed E-state index contributed by atoms with van der Waals surface area (Å²) >= 11 is 0. The Balaban J connectivity index is 1.48. The van der Waals surface area contributed by atoms with Crippen molar-refractivity contribution in [1.29, 1.82) is 0 Å². The lowest BCUT2D eigenvalue weighted by atomic mass is 10.0. The number of nitrogens with zero attached hydrogens (tertiary/aromatic N) is 4. The molecule has 2 amide bonds. The summed E-state index contributed by atoms with van der Waals surface area (Å²) in [6.45, 7) is 2.13. The molecule has 0 spiro atoms. The molecule has 0 aromatic carbocycles. The van der Waals surface area contributed by atoms with Crippen molar-refractivity contribution >= 4 is 21.6 Å². The monoisotopic (exact) mass is 418 g/mol. The van der Waals surface area contributed by atoms with Gasteiger partial charge in [0.2, 0.25) is 5.03 Å². The number of carbonyl (C=O) groups excluding carboxylic acids is 1. The number of nitrogens with one attached hydrogen (secondary N) is 1. The van der Waals surface area contributed by atoms with Gasteiger partial charge in [-0.3, -0.25) is 9.67 Å². The first-order valence-corrected chi connectivity index (χ1v) is 11.6. The molecule has 2 aromatic rings. The molecular weight excluding hydrogens is 395 g/mol. The number of aromatic nitrogens is 3. The van der Waals surface area contributed by atoms with Crippen molar-refractivity contribution in [1.82, 2.24) is 14.8 Å². The maximum atomic E-state index is 14.2. The van der Waals surface area contributed by atoms with E-state index in [1.54, 1.807) is 0 Å². The molecule has 1 fully saturated rings. The Labute approximate surface area is 168 Å². The van der Waals surface area contributed by atoms with Crippen LogP contribution in [0.1, 0.15) is 67.1 Å². The summed E-state index contributed by atoms with van der Waals surface area (Å²) in [6.07, 6.45) is 7.44. The van der Waals surface area contributed by atoms with Gasteiger partial charge in [-0.1, -0.05) is 6.92 Å². The zero-order valence-electron chi connectivity index (χ0n) is 16.2. The SMILES string of the molecule is C[C@@H]1CCc2c1nc1c(c2NC(=O)N=S(N)(=O)c2nn(C3CC3)cc2F)CCC1. The number of urea groups is 1. The van der Waals surface area contributed by atoms with Gasteiger partial charge in [-0.05, 0) is 62.0 Å². The summed E-state index contributed by atoms with van der Waals surface area (Å²) in [4.78, 5) is 17.4. The minimum atomic E-state index is -3.79. The maximum Gasteiger partial charge on any atom is 0.354 e. The van der Waals surface area contributed by atoms with Gasteiger partial charge in [0, 0.05) is 11.4 Å². The average molecular weight is 418 g/mol. The molecule has 5 rings (SSSR count). The predicted octanol–water partition coefficient (Wildman–Crippen LogP) is 3.22. The van der Waals surface area contributed by atoms with Crippen LogP contribution in [0.15, 0.2) is 15.6 Å². The number of pyridine rings is 1. The minimum Gasteiger partial charge on any atom is -0.305 e. The van der Waals surface area contributed by atoms with Crippen molar-refractivity contribution < 1.29 is 13.4 Å². The van der Waals surface area contributed by atoms with Gasteiger partial charge in [0.15, 0.2) is 15.7 Å². The van der Waals surface area contributed by atoms with Gasteiger partial charge < -0.3 is 5.32 Å². The van der Waals surface area contributed by atoms with Crippen molar-refractivity contribution in [2.75, 3.05) is 5.32 Å². The molecule has 1 unspecified atom stereocenters. The van der Waals surface area contributed by atoms with Gasteiger partial charge in [-0.2, -0.15) is 5.10 Å². The summed E-state index contributed by atoms with van der Waals surface area (Å²) in [5, 5.41) is 12.0. The molecule has 0 radical (unpaired) electrons. The Morgan fingerprint density at radius 2 is 2.10 bits per heavy atom. The largest absolute Gasteiger partial charge is 0.354 e. The van der Waals surface area contributed by atoms with E-state index >= 15 is 0 Å². The molecule has 2 heterocycles. The average Bonchev–Trinajstić information content (AvgIpc) is 3.07. The fraction of sp³-hybridized carbons (Fsp3) is 0.526. The maximum absolute atomic E-state index is 14.2. The van der Waals surface area contributed by atoms with E-state index in [1.165, 1.54) is 4.68 Å². The standard InChI is InChI=1S/C19H23FN6O2S/c1-10-5-8-13-16(10)22-15-4-2-3-12(15)17(13)23-19(27)25-29(21,28)18-14(20)9-26(24-18)11-6-7-11/h9-11H,2-8H2,1H3,(H3,21,22,23,25,27,28)/t10-,29?/m1/s1. The first-order valence-electron chi connectivity index (χ1n) is 9.98. The summed E-state index contributed by atoms with van der Waals surface area (Å²) < 4.78 is 32.1. The molecule has 0 saturated heterocycles. The van der Waals surface area contributed by atoms with E-state index in [9.17, 15) is 13.4 Å². The molecule has 3 aliphatic rings. The number of nitrogens with two attached hydrogens (primary N) is 1. The second-order valence-electron chi connectivity index (χ2n) is 8.15. The van der Waals surface area contributed by atoms with E-state index in [-0.39, 0.29) is 6.04 Å². The number of carbonyl (C=O) groups is 1. The molecule has 3 N–H and O–H groups in total. The van der Waals surface area contributed by atoms with Crippen LogP contribution in [0.4, 0.5) is 14.9 Å². The van der Waals surface area contributed by atoms with Crippen LogP contribution in [0.3, 0.4) is 0 Å². The summed E-state index contributed by atoms with van der Waals surface area (Å²) in [6, 6.07) is -0.744. The van der Waals surface area contributed by atoms with Crippen molar-refractivity contribution in [2.45, 2.75) is 68.9 Å². The molecule has 8 nitrogen and oxygen atoms in total. The number of rotatable bonds is 3. The van der Waals surface area contributed by atoms with Crippen molar-refractivity contribution in [2.24, 2.45) is 9.50 Å². The second kappa shape index (κ2) is 6.60. The van der Waals surface area contributed by atoms with E-state index in [0.717, 1.165) is 79.3 Å². The van der Waals surface area contributed by atoms with Crippen LogP contribution in [-0.4, -0.2) is 25.0 Å². The molecule has 154 valence electrons. The first kappa shape index (κ1) is 18.7. The molecular formula is C19H23FN6O2S. The van der Waals surface area contributed by atoms with Crippen LogP contribution in [0.25, 0.3) is 0 Å². The number of amides is 2. The topological polar surface area (TPSA) is 115 Å². The van der Waals surface area contributed by atoms with E-state index in [0.29, 0.717) is 5.92 Å². The van der Waals surface area contributed by atoms with E-state index < -0.39 is 26.8 Å². The second-order valence-corrected chi connectivity index (χ2v) is 9.86. The van der Waals surface area contributed by atoms with Crippen LogP contribution < -0.4 is 10.5 Å². The van der Waals surface area contributed by atoms with Crippen molar-refractivity contribution in [3.05, 3.63) is 34.5 Å². The lowest BCUT2D eigenvalue weighted by molar-refractivity contribution is 0.260. The quantitative estimate of drug-likeness (QED) is 0.796. The number of fused-ring (bicyclic) bond motifs is 2. The number of anilines is 1. The van der Waals surface area contributed by atoms with E-state index in [1.807, 2.05) is 0 Å². The van der Waals surface area contributed by atoms with Crippen LogP contribution in [0.5, 0.6) is 0 Å². The Kier molecular flexibility index (Phi) is 4.25. The lowest BCUT2D eigenvalue weighted by Gasteiger charge is -2.15. The fourth-order valence-corrected chi connectivity index (χ4v) is 5.25. The summed E-state index contributed by atoms with van der Waals surface area (Å²) in [5.41, 5.74) is 4.79. The molecule has 29 heavy (non-hydrogen) atoms. The Bertz CT molecular complexity index is 1150. The number of halogens is 1. The van der Waals surface area contributed by atoms with Gasteiger partial charge >= 0.3 is 6.03 Å². The molecule has 0 aliphatic heterocycles. The highest BCUT2D eigenvalue weighted by Crippen LogP contribution is 2.41. The summed E-state index contributed by atoms with van der Waals surface area (Å²) in [7, 11) is -3.79. The van der Waals surface area contributed by atoms with Gasteiger partial charge in [0.25, 0.3) is 0 Å². The highest BCUT2D eigenvalue weighted by atomic mass is 32.2. The number of hydrogen-bond donors (Lipinski definition) is 2. The molecule has 2 atom stereocenters. The zero-order chi connectivity index (χ0) is 20.3. The predicted molar refractivity (Wildman–Crippen MR) is 105 cm³/mol. The van der Waals surface area contributed by atoms with Crippen LogP contribution in [0, 0.1) is 5.82 Å². The molecule has 10 heteroatoms. The number of hydrogen-bond acceptors (Lipinski definition) is 4. The van der Waals surface area contributed by atoms with Crippen molar-refractivity contribution in [3.8, 4) is 0 Å². The third-order valence-corrected chi connectivity index (χ3v) is 7.22. The normalized spacial score (nSPS) is 22.1. The van der Waals surface area contributed by atoms with Crippen LogP contribution in [0.2, 0.25) is 0 Å². The molecule has 2 aromatic heterocycles. The fourth-order valence-electron chi connectivity index (χ4n) is 4.33. The smallest absolute Gasteiger partial charge is 0.305 e. The molecule has 1 saturated carbocycles. The van der Waals surface area contributed by atoms with Crippen LogP contribution >= 0.6 is 0 Å². The highest BCUT2D eigenvalue weighted by Gasteiger charge is 2.31. The Morgan fingerprint density at radius 1 is 1.31 bits per heavy atom. The Morgan fingerprint density at radius 3 is 2.86 bits per heavy atom. The van der Waals surface area contributed by atoms with Crippen molar-refractivity contribution in [3.63, 3.8) is 0 Å². The Hall–Kier alpha value is -2.33. The molecule has 3 aliphatic carbocycles. The zero-order valence-corrected chi connectivity index (χ0v) is 17.0. The highest BCUT2D eigenvalue weighted by molar-refractivity contribution is 7.91. The third-order valence-electron chi connectivity index (χ3n) is 5.96. The van der Waals surface area contributed by atoms with E-state index in [2.05, 4.69) is 21.7 Å².